The molecule has 112 valence electrons. The summed E-state index contributed by atoms with van der Waals surface area (Å²) in [5.74, 6) is 1.60. The predicted molar refractivity (Wildman–Crippen MR) is 85.6 cm³/mol. The van der Waals surface area contributed by atoms with Gasteiger partial charge in [0.1, 0.15) is 5.75 Å². The van der Waals surface area contributed by atoms with Crippen LogP contribution in [0.1, 0.15) is 63.0 Å². The number of unbranched alkanes of at least 4 members (excludes halogenated alkanes) is 2. The van der Waals surface area contributed by atoms with E-state index in [1.165, 1.54) is 43.4 Å². The van der Waals surface area contributed by atoms with Crippen molar-refractivity contribution in [3.05, 3.63) is 29.3 Å². The van der Waals surface area contributed by atoms with Gasteiger partial charge in [0.2, 0.25) is 0 Å². The molecule has 1 aliphatic rings. The fraction of sp³-hybridized carbons (Fsp3) is 0.667. The third-order valence-electron chi connectivity index (χ3n) is 3.96. The Kier molecular flexibility index (Phi) is 5.90. The van der Waals surface area contributed by atoms with Crippen LogP contribution in [0, 0.1) is 6.92 Å². The van der Waals surface area contributed by atoms with Gasteiger partial charge < -0.3 is 10.1 Å². The van der Waals surface area contributed by atoms with E-state index in [2.05, 4.69) is 44.3 Å². The van der Waals surface area contributed by atoms with Crippen molar-refractivity contribution in [1.82, 2.24) is 5.32 Å². The van der Waals surface area contributed by atoms with Gasteiger partial charge in [-0.05, 0) is 74.8 Å². The minimum Gasteiger partial charge on any atom is -0.494 e. The van der Waals surface area contributed by atoms with Gasteiger partial charge in [0.25, 0.3) is 0 Å². The minimum atomic E-state index is 0.586. The van der Waals surface area contributed by atoms with Gasteiger partial charge in [-0.1, -0.05) is 19.9 Å². The zero-order valence-corrected chi connectivity index (χ0v) is 13.2. The van der Waals surface area contributed by atoms with E-state index < -0.39 is 0 Å². The summed E-state index contributed by atoms with van der Waals surface area (Å²) in [4.78, 5) is 0. The van der Waals surface area contributed by atoms with Gasteiger partial charge in [-0.3, -0.25) is 0 Å². The summed E-state index contributed by atoms with van der Waals surface area (Å²) in [6.07, 6.45) is 6.44. The molecule has 0 radical (unpaired) electrons. The zero-order valence-electron chi connectivity index (χ0n) is 13.2. The summed E-state index contributed by atoms with van der Waals surface area (Å²) < 4.78 is 5.84. The maximum Gasteiger partial charge on any atom is 0.119 e. The Labute approximate surface area is 123 Å². The van der Waals surface area contributed by atoms with Crippen LogP contribution in [0.2, 0.25) is 0 Å². The van der Waals surface area contributed by atoms with E-state index in [4.69, 9.17) is 4.74 Å². The molecule has 0 aromatic heterocycles. The summed E-state index contributed by atoms with van der Waals surface area (Å²) in [7, 11) is 0. The SMILES string of the molecule is Cc1cc(OCCCCCNC2CC2)ccc1C(C)C. The molecule has 20 heavy (non-hydrogen) atoms. The van der Waals surface area contributed by atoms with Gasteiger partial charge in [0, 0.05) is 6.04 Å². The molecule has 1 aromatic carbocycles. The number of aryl methyl sites for hydroxylation is 1. The number of hydrogen-bond acceptors (Lipinski definition) is 2. The molecule has 0 unspecified atom stereocenters. The Balaban J connectivity index is 1.59. The summed E-state index contributed by atoms with van der Waals surface area (Å²) in [5, 5.41) is 3.55. The average Bonchev–Trinajstić information content (AvgIpc) is 3.21. The monoisotopic (exact) mass is 275 g/mol. The molecule has 0 amide bonds. The third kappa shape index (κ3) is 5.16. The summed E-state index contributed by atoms with van der Waals surface area (Å²) in [6.45, 7) is 8.65. The number of hydrogen-bond donors (Lipinski definition) is 1. The van der Waals surface area contributed by atoms with Gasteiger partial charge in [-0.2, -0.15) is 0 Å². The fourth-order valence-corrected chi connectivity index (χ4v) is 2.57. The van der Waals surface area contributed by atoms with Crippen molar-refractivity contribution in [1.29, 1.82) is 0 Å². The van der Waals surface area contributed by atoms with Crippen LogP contribution in [0.5, 0.6) is 5.75 Å². The van der Waals surface area contributed by atoms with Crippen LogP contribution >= 0.6 is 0 Å². The highest BCUT2D eigenvalue weighted by atomic mass is 16.5. The molecule has 1 N–H and O–H groups in total. The van der Waals surface area contributed by atoms with E-state index in [-0.39, 0.29) is 0 Å². The van der Waals surface area contributed by atoms with Crippen molar-refractivity contribution in [2.24, 2.45) is 0 Å². The molecule has 1 aromatic rings. The van der Waals surface area contributed by atoms with Crippen molar-refractivity contribution in [2.45, 2.75) is 64.8 Å². The first-order valence-corrected chi connectivity index (χ1v) is 8.13. The van der Waals surface area contributed by atoms with Gasteiger partial charge in [-0.25, -0.2) is 0 Å². The quantitative estimate of drug-likeness (QED) is 0.674. The second-order valence-corrected chi connectivity index (χ2v) is 6.31. The predicted octanol–water partition coefficient (Wildman–Crippen LogP) is 4.42. The van der Waals surface area contributed by atoms with Gasteiger partial charge in [0.05, 0.1) is 6.61 Å². The van der Waals surface area contributed by atoms with E-state index in [0.717, 1.165) is 24.8 Å². The van der Waals surface area contributed by atoms with E-state index in [1.807, 2.05) is 0 Å². The van der Waals surface area contributed by atoms with Crippen LogP contribution in [0.3, 0.4) is 0 Å². The molecule has 0 saturated heterocycles. The van der Waals surface area contributed by atoms with Crippen LogP contribution < -0.4 is 10.1 Å². The van der Waals surface area contributed by atoms with Gasteiger partial charge in [0.15, 0.2) is 0 Å². The standard InChI is InChI=1S/C18H29NO/c1-14(2)18-10-9-17(13-15(18)3)20-12-6-4-5-11-19-16-7-8-16/h9-10,13-14,16,19H,4-8,11-12H2,1-3H3. The van der Waals surface area contributed by atoms with E-state index in [0.29, 0.717) is 5.92 Å². The Morgan fingerprint density at radius 1 is 1.20 bits per heavy atom. The molecular formula is C18H29NO. The average molecular weight is 275 g/mol. The second-order valence-electron chi connectivity index (χ2n) is 6.31. The first-order valence-electron chi connectivity index (χ1n) is 8.13. The summed E-state index contributed by atoms with van der Waals surface area (Å²) >= 11 is 0. The highest BCUT2D eigenvalue weighted by molar-refractivity contribution is 5.36. The Bertz CT molecular complexity index is 410. The molecule has 0 atom stereocenters. The molecule has 0 bridgehead atoms. The molecule has 0 heterocycles. The fourth-order valence-electron chi connectivity index (χ4n) is 2.57. The summed E-state index contributed by atoms with van der Waals surface area (Å²) in [5.41, 5.74) is 2.76. The maximum absolute atomic E-state index is 5.84. The largest absolute Gasteiger partial charge is 0.494 e. The topological polar surface area (TPSA) is 21.3 Å². The lowest BCUT2D eigenvalue weighted by Crippen LogP contribution is -2.17. The van der Waals surface area contributed by atoms with E-state index in [9.17, 15) is 0 Å². The molecule has 2 rings (SSSR count). The van der Waals surface area contributed by atoms with Crippen molar-refractivity contribution >= 4 is 0 Å². The maximum atomic E-state index is 5.84. The molecule has 1 aliphatic carbocycles. The normalized spacial score (nSPS) is 14.8. The highest BCUT2D eigenvalue weighted by Gasteiger charge is 2.19. The van der Waals surface area contributed by atoms with E-state index >= 15 is 0 Å². The van der Waals surface area contributed by atoms with Gasteiger partial charge >= 0.3 is 0 Å². The Morgan fingerprint density at radius 3 is 2.65 bits per heavy atom. The lowest BCUT2D eigenvalue weighted by Gasteiger charge is -2.12. The smallest absolute Gasteiger partial charge is 0.119 e. The van der Waals surface area contributed by atoms with Crippen LogP contribution in [-0.2, 0) is 0 Å². The molecular weight excluding hydrogens is 246 g/mol. The molecule has 2 nitrogen and oxygen atoms in total. The molecule has 2 heteroatoms. The molecule has 1 saturated carbocycles. The number of benzene rings is 1. The Hall–Kier alpha value is -1.02. The first kappa shape index (κ1) is 15.4. The Morgan fingerprint density at radius 2 is 2.00 bits per heavy atom. The zero-order chi connectivity index (χ0) is 14.4. The number of nitrogens with one attached hydrogen (secondary N) is 1. The number of rotatable bonds is 9. The molecule has 1 fully saturated rings. The van der Waals surface area contributed by atoms with E-state index in [1.54, 1.807) is 0 Å². The lowest BCUT2D eigenvalue weighted by atomic mass is 9.98. The molecule has 0 spiro atoms. The van der Waals surface area contributed by atoms with Crippen molar-refractivity contribution in [3.63, 3.8) is 0 Å². The summed E-state index contributed by atoms with van der Waals surface area (Å²) in [6, 6.07) is 7.32. The van der Waals surface area contributed by atoms with Crippen LogP contribution in [0.15, 0.2) is 18.2 Å². The minimum absolute atomic E-state index is 0.586. The molecule has 0 aliphatic heterocycles. The van der Waals surface area contributed by atoms with Crippen LogP contribution in [-0.4, -0.2) is 19.2 Å². The lowest BCUT2D eigenvalue weighted by molar-refractivity contribution is 0.304. The van der Waals surface area contributed by atoms with Crippen LogP contribution in [0.4, 0.5) is 0 Å². The van der Waals surface area contributed by atoms with Crippen molar-refractivity contribution in [2.75, 3.05) is 13.2 Å². The third-order valence-corrected chi connectivity index (χ3v) is 3.96. The highest BCUT2D eigenvalue weighted by Crippen LogP contribution is 2.23. The van der Waals surface area contributed by atoms with Gasteiger partial charge in [-0.15, -0.1) is 0 Å². The van der Waals surface area contributed by atoms with Crippen molar-refractivity contribution < 1.29 is 4.74 Å². The van der Waals surface area contributed by atoms with Crippen molar-refractivity contribution in [3.8, 4) is 5.75 Å². The van der Waals surface area contributed by atoms with Crippen LogP contribution in [0.25, 0.3) is 0 Å². The first-order chi connectivity index (χ1) is 9.66. The number of ether oxygens (including phenoxy) is 1. The second kappa shape index (κ2) is 7.68.